The lowest BCUT2D eigenvalue weighted by Gasteiger charge is -2.27. The molecule has 0 aromatic heterocycles. The molecule has 1 saturated heterocycles. The molecule has 2 rings (SSSR count). The lowest BCUT2D eigenvalue weighted by molar-refractivity contribution is 0.00706. The maximum Gasteiger partial charge on any atom is 0.263 e. The second-order valence-corrected chi connectivity index (χ2v) is 4.37. The van der Waals surface area contributed by atoms with Gasteiger partial charge in [-0.25, -0.2) is 8.78 Å². The smallest absolute Gasteiger partial charge is 0.263 e. The van der Waals surface area contributed by atoms with Crippen molar-refractivity contribution in [3.8, 4) is 0 Å². The number of hydrogen-bond acceptors (Lipinski definition) is 2. The van der Waals surface area contributed by atoms with Crippen LogP contribution in [0.15, 0.2) is 24.3 Å². The average molecular weight is 242 g/mol. The summed E-state index contributed by atoms with van der Waals surface area (Å²) in [5.41, 5.74) is 0.545. The molecule has 0 aliphatic carbocycles. The van der Waals surface area contributed by atoms with E-state index in [-0.39, 0.29) is 11.5 Å². The van der Waals surface area contributed by atoms with Gasteiger partial charge in [0.1, 0.15) is 0 Å². The van der Waals surface area contributed by atoms with E-state index in [4.69, 9.17) is 4.74 Å². The van der Waals surface area contributed by atoms with E-state index in [0.29, 0.717) is 18.8 Å². The summed E-state index contributed by atoms with van der Waals surface area (Å²) in [5.74, 6) is 0.108. The molecular weight excluding hydrogens is 226 g/mol. The van der Waals surface area contributed by atoms with Gasteiger partial charge in [-0.3, -0.25) is 0 Å². The van der Waals surface area contributed by atoms with Crippen LogP contribution in [0.2, 0.25) is 0 Å². The summed E-state index contributed by atoms with van der Waals surface area (Å²) >= 11 is 0. The summed E-state index contributed by atoms with van der Waals surface area (Å²) in [6, 6.07) is 6.04. The Morgan fingerprint density at radius 2 is 1.82 bits per heavy atom. The molecule has 17 heavy (non-hydrogen) atoms. The number of rotatable bonds is 3. The third kappa shape index (κ3) is 3.01. The minimum Gasteiger partial charge on any atom is -0.388 e. The molecule has 0 bridgehead atoms. The van der Waals surface area contributed by atoms with E-state index in [1.54, 1.807) is 12.1 Å². The van der Waals surface area contributed by atoms with Crippen LogP contribution in [0.25, 0.3) is 0 Å². The van der Waals surface area contributed by atoms with Crippen LogP contribution in [0.5, 0.6) is 0 Å². The summed E-state index contributed by atoms with van der Waals surface area (Å²) < 4.78 is 30.3. The largest absolute Gasteiger partial charge is 0.388 e. The van der Waals surface area contributed by atoms with Crippen molar-refractivity contribution in [1.82, 2.24) is 0 Å². The number of benzene rings is 1. The molecule has 1 unspecified atom stereocenters. The van der Waals surface area contributed by atoms with Crippen molar-refractivity contribution in [3.63, 3.8) is 0 Å². The lowest BCUT2D eigenvalue weighted by atomic mass is 9.89. The molecule has 0 spiro atoms. The molecule has 1 aliphatic heterocycles. The Morgan fingerprint density at radius 1 is 1.18 bits per heavy atom. The summed E-state index contributed by atoms with van der Waals surface area (Å²) in [7, 11) is 0. The van der Waals surface area contributed by atoms with Gasteiger partial charge < -0.3 is 9.84 Å². The molecule has 1 heterocycles. The molecular formula is C13H16F2O2. The van der Waals surface area contributed by atoms with E-state index in [1.165, 1.54) is 12.1 Å². The van der Waals surface area contributed by atoms with Gasteiger partial charge in [0.05, 0.1) is 6.10 Å². The number of halogens is 2. The summed E-state index contributed by atoms with van der Waals surface area (Å²) in [5, 5.41) is 10.2. The topological polar surface area (TPSA) is 29.5 Å². The van der Waals surface area contributed by atoms with Crippen molar-refractivity contribution in [2.75, 3.05) is 13.2 Å². The Hall–Kier alpha value is -1.00. The van der Waals surface area contributed by atoms with Crippen LogP contribution in [0.4, 0.5) is 8.78 Å². The molecule has 0 amide bonds. The van der Waals surface area contributed by atoms with E-state index in [9.17, 15) is 13.9 Å². The van der Waals surface area contributed by atoms with Gasteiger partial charge in [0.25, 0.3) is 6.43 Å². The Bertz CT molecular complexity index is 362. The third-order valence-corrected chi connectivity index (χ3v) is 3.22. The maximum absolute atomic E-state index is 12.6. The van der Waals surface area contributed by atoms with Gasteiger partial charge in [0.2, 0.25) is 0 Å². The summed E-state index contributed by atoms with van der Waals surface area (Å²) in [6.07, 6.45) is -1.60. The zero-order valence-corrected chi connectivity index (χ0v) is 9.48. The highest BCUT2D eigenvalue weighted by Gasteiger charge is 2.24. The van der Waals surface area contributed by atoms with Crippen molar-refractivity contribution in [2.45, 2.75) is 25.4 Å². The molecule has 1 aromatic rings. The van der Waals surface area contributed by atoms with Crippen molar-refractivity contribution >= 4 is 0 Å². The van der Waals surface area contributed by atoms with E-state index >= 15 is 0 Å². The molecule has 1 atom stereocenters. The fourth-order valence-corrected chi connectivity index (χ4v) is 2.18. The molecule has 0 radical (unpaired) electrons. The van der Waals surface area contributed by atoms with Crippen molar-refractivity contribution in [2.24, 2.45) is 5.92 Å². The third-order valence-electron chi connectivity index (χ3n) is 3.22. The molecule has 1 aliphatic rings. The maximum atomic E-state index is 12.6. The van der Waals surface area contributed by atoms with Crippen LogP contribution in [0.1, 0.15) is 36.5 Å². The highest BCUT2D eigenvalue weighted by molar-refractivity contribution is 5.26. The van der Waals surface area contributed by atoms with Crippen LogP contribution in [0.3, 0.4) is 0 Å². The van der Waals surface area contributed by atoms with Crippen LogP contribution in [-0.2, 0) is 4.74 Å². The second-order valence-electron chi connectivity index (χ2n) is 4.37. The number of ether oxygens (including phenoxy) is 1. The SMILES string of the molecule is OC(c1cccc(C(F)F)c1)C1CCOCC1. The molecule has 1 aromatic carbocycles. The second kappa shape index (κ2) is 5.56. The van der Waals surface area contributed by atoms with Crippen molar-refractivity contribution in [1.29, 1.82) is 0 Å². The fourth-order valence-electron chi connectivity index (χ4n) is 2.18. The summed E-state index contributed by atoms with van der Waals surface area (Å²) in [6.45, 7) is 1.27. The van der Waals surface area contributed by atoms with E-state index in [0.717, 1.165) is 12.8 Å². The molecule has 1 N–H and O–H groups in total. The zero-order valence-electron chi connectivity index (χ0n) is 9.48. The van der Waals surface area contributed by atoms with Crippen LogP contribution < -0.4 is 0 Å². The molecule has 4 heteroatoms. The predicted octanol–water partition coefficient (Wildman–Crippen LogP) is 3.08. The van der Waals surface area contributed by atoms with Gasteiger partial charge in [-0.1, -0.05) is 18.2 Å². The predicted molar refractivity (Wildman–Crippen MR) is 59.9 cm³/mol. The first-order valence-electron chi connectivity index (χ1n) is 5.82. The standard InChI is InChI=1S/C13H16F2O2/c14-13(15)11-3-1-2-10(8-11)12(16)9-4-6-17-7-5-9/h1-3,8-9,12-13,16H,4-7H2. The highest BCUT2D eigenvalue weighted by atomic mass is 19.3. The van der Waals surface area contributed by atoms with Crippen molar-refractivity contribution < 1.29 is 18.6 Å². The molecule has 94 valence electrons. The Labute approximate surface area is 99.2 Å². The monoisotopic (exact) mass is 242 g/mol. The van der Waals surface area contributed by atoms with Gasteiger partial charge >= 0.3 is 0 Å². The Morgan fingerprint density at radius 3 is 2.47 bits per heavy atom. The van der Waals surface area contributed by atoms with Gasteiger partial charge in [0, 0.05) is 18.8 Å². The Balaban J connectivity index is 2.12. The van der Waals surface area contributed by atoms with Gasteiger partial charge in [0.15, 0.2) is 0 Å². The number of hydrogen-bond donors (Lipinski definition) is 1. The Kier molecular flexibility index (Phi) is 4.07. The first-order chi connectivity index (χ1) is 8.18. The van der Waals surface area contributed by atoms with E-state index < -0.39 is 12.5 Å². The molecule has 0 saturated carbocycles. The fraction of sp³-hybridized carbons (Fsp3) is 0.538. The number of aliphatic hydroxyl groups is 1. The number of alkyl halides is 2. The highest BCUT2D eigenvalue weighted by Crippen LogP contribution is 2.31. The summed E-state index contributed by atoms with van der Waals surface area (Å²) in [4.78, 5) is 0. The average Bonchev–Trinajstić information content (AvgIpc) is 2.39. The minimum absolute atomic E-state index is 0.0337. The number of aliphatic hydroxyl groups excluding tert-OH is 1. The quantitative estimate of drug-likeness (QED) is 0.882. The van der Waals surface area contributed by atoms with Gasteiger partial charge in [-0.05, 0) is 30.4 Å². The van der Waals surface area contributed by atoms with Crippen LogP contribution in [-0.4, -0.2) is 18.3 Å². The van der Waals surface area contributed by atoms with E-state index in [1.807, 2.05) is 0 Å². The lowest BCUT2D eigenvalue weighted by Crippen LogP contribution is -2.22. The molecule has 2 nitrogen and oxygen atoms in total. The van der Waals surface area contributed by atoms with Gasteiger partial charge in [-0.15, -0.1) is 0 Å². The molecule has 1 fully saturated rings. The first-order valence-corrected chi connectivity index (χ1v) is 5.82. The zero-order chi connectivity index (χ0) is 12.3. The van der Waals surface area contributed by atoms with Crippen LogP contribution in [0, 0.1) is 5.92 Å². The minimum atomic E-state index is -2.49. The normalized spacial score (nSPS) is 19.5. The van der Waals surface area contributed by atoms with E-state index in [2.05, 4.69) is 0 Å². The van der Waals surface area contributed by atoms with Crippen molar-refractivity contribution in [3.05, 3.63) is 35.4 Å². The van der Waals surface area contributed by atoms with Gasteiger partial charge in [-0.2, -0.15) is 0 Å². The first kappa shape index (κ1) is 12.5. The van der Waals surface area contributed by atoms with Crippen LogP contribution >= 0.6 is 0 Å².